The summed E-state index contributed by atoms with van der Waals surface area (Å²) < 4.78 is 0. The van der Waals surface area contributed by atoms with Crippen molar-refractivity contribution in [3.63, 3.8) is 0 Å². The van der Waals surface area contributed by atoms with Crippen LogP contribution in [-0.4, -0.2) is 25.5 Å². The third kappa shape index (κ3) is 2.80. The first-order valence-corrected chi connectivity index (χ1v) is 5.40. The van der Waals surface area contributed by atoms with Crippen molar-refractivity contribution in [2.24, 2.45) is 5.92 Å². The van der Waals surface area contributed by atoms with Gasteiger partial charge in [0.15, 0.2) is 0 Å². The largest absolute Gasteiger partial charge is 0.352 e. The smallest absolute Gasteiger partial charge is 0.251 e. The number of hydrogen-bond acceptors (Lipinski definition) is 2. The molecule has 0 bridgehead atoms. The Labute approximate surface area is 89.9 Å². The van der Waals surface area contributed by atoms with Gasteiger partial charge >= 0.3 is 0 Å². The van der Waals surface area contributed by atoms with E-state index in [2.05, 4.69) is 10.6 Å². The van der Waals surface area contributed by atoms with Gasteiger partial charge in [-0.15, -0.1) is 0 Å². The van der Waals surface area contributed by atoms with E-state index in [0.717, 1.165) is 31.6 Å². The van der Waals surface area contributed by atoms with Crippen molar-refractivity contribution in [3.8, 4) is 0 Å². The lowest BCUT2D eigenvalue weighted by atomic mass is 10.1. The second-order valence-electron chi connectivity index (χ2n) is 3.93. The molecule has 2 N–H and O–H groups in total. The normalized spacial score (nSPS) is 20.1. The third-order valence-electron chi connectivity index (χ3n) is 2.75. The molecule has 1 aromatic carbocycles. The Bertz CT molecular complexity index is 318. The van der Waals surface area contributed by atoms with Crippen molar-refractivity contribution < 1.29 is 4.79 Å². The second-order valence-corrected chi connectivity index (χ2v) is 3.93. The van der Waals surface area contributed by atoms with Gasteiger partial charge in [-0.05, 0) is 37.6 Å². The van der Waals surface area contributed by atoms with Gasteiger partial charge < -0.3 is 10.6 Å². The molecule has 0 radical (unpaired) electrons. The minimum atomic E-state index is 0.0301. The standard InChI is InChI=1S/C12H16N2O/c15-12(11-4-2-1-3-5-11)14-9-10-6-7-13-8-10/h1-5,10,13H,6-9H2,(H,14,15). The van der Waals surface area contributed by atoms with Gasteiger partial charge in [-0.2, -0.15) is 0 Å². The van der Waals surface area contributed by atoms with Crippen molar-refractivity contribution in [2.75, 3.05) is 19.6 Å². The molecule has 0 spiro atoms. The summed E-state index contributed by atoms with van der Waals surface area (Å²) in [5, 5.41) is 6.25. The Balaban J connectivity index is 1.82. The molecule has 2 rings (SSSR count). The van der Waals surface area contributed by atoms with E-state index >= 15 is 0 Å². The van der Waals surface area contributed by atoms with Crippen molar-refractivity contribution in [1.29, 1.82) is 0 Å². The van der Waals surface area contributed by atoms with Crippen LogP contribution in [0, 0.1) is 5.92 Å². The predicted molar refractivity (Wildman–Crippen MR) is 59.8 cm³/mol. The predicted octanol–water partition coefficient (Wildman–Crippen LogP) is 1.03. The first-order chi connectivity index (χ1) is 7.36. The first-order valence-electron chi connectivity index (χ1n) is 5.40. The fourth-order valence-corrected chi connectivity index (χ4v) is 1.82. The van der Waals surface area contributed by atoms with Crippen LogP contribution < -0.4 is 10.6 Å². The van der Waals surface area contributed by atoms with Crippen molar-refractivity contribution in [2.45, 2.75) is 6.42 Å². The van der Waals surface area contributed by atoms with Gasteiger partial charge in [-0.25, -0.2) is 0 Å². The van der Waals surface area contributed by atoms with E-state index in [1.165, 1.54) is 0 Å². The van der Waals surface area contributed by atoms with Crippen LogP contribution in [0.1, 0.15) is 16.8 Å². The van der Waals surface area contributed by atoms with E-state index in [4.69, 9.17) is 0 Å². The number of rotatable bonds is 3. The lowest BCUT2D eigenvalue weighted by Gasteiger charge is -2.09. The average Bonchev–Trinajstić information content (AvgIpc) is 2.80. The van der Waals surface area contributed by atoms with Crippen LogP contribution in [0.5, 0.6) is 0 Å². The zero-order valence-corrected chi connectivity index (χ0v) is 8.70. The molecule has 15 heavy (non-hydrogen) atoms. The van der Waals surface area contributed by atoms with E-state index < -0.39 is 0 Å². The number of benzene rings is 1. The lowest BCUT2D eigenvalue weighted by molar-refractivity contribution is 0.0948. The van der Waals surface area contributed by atoms with E-state index in [0.29, 0.717) is 5.92 Å². The molecule has 1 aliphatic heterocycles. The number of carbonyl (C=O) groups excluding carboxylic acids is 1. The number of amides is 1. The zero-order chi connectivity index (χ0) is 10.5. The number of hydrogen-bond donors (Lipinski definition) is 2. The number of carbonyl (C=O) groups is 1. The molecule has 1 amide bonds. The monoisotopic (exact) mass is 204 g/mol. The highest BCUT2D eigenvalue weighted by Crippen LogP contribution is 2.06. The molecule has 0 aliphatic carbocycles. The molecule has 80 valence electrons. The summed E-state index contributed by atoms with van der Waals surface area (Å²) in [5.74, 6) is 0.625. The summed E-state index contributed by atoms with van der Waals surface area (Å²) in [6.07, 6.45) is 1.16. The fraction of sp³-hybridized carbons (Fsp3) is 0.417. The van der Waals surface area contributed by atoms with Gasteiger partial charge in [0.05, 0.1) is 0 Å². The average molecular weight is 204 g/mol. The highest BCUT2D eigenvalue weighted by molar-refractivity contribution is 5.94. The summed E-state index contributed by atoms with van der Waals surface area (Å²) in [6.45, 7) is 2.88. The Morgan fingerprint density at radius 1 is 1.40 bits per heavy atom. The molecule has 1 unspecified atom stereocenters. The lowest BCUT2D eigenvalue weighted by Crippen LogP contribution is -2.30. The summed E-state index contributed by atoms with van der Waals surface area (Å²) >= 11 is 0. The van der Waals surface area contributed by atoms with Gasteiger partial charge in [0, 0.05) is 12.1 Å². The molecule has 3 nitrogen and oxygen atoms in total. The molecular formula is C12H16N2O. The molecule has 3 heteroatoms. The maximum absolute atomic E-state index is 11.7. The van der Waals surface area contributed by atoms with Crippen LogP contribution in [0.15, 0.2) is 30.3 Å². The zero-order valence-electron chi connectivity index (χ0n) is 8.70. The van der Waals surface area contributed by atoms with E-state index in [9.17, 15) is 4.79 Å². The van der Waals surface area contributed by atoms with Crippen molar-refractivity contribution in [3.05, 3.63) is 35.9 Å². The Morgan fingerprint density at radius 2 is 2.20 bits per heavy atom. The maximum atomic E-state index is 11.7. The van der Waals surface area contributed by atoms with Gasteiger partial charge in [0.25, 0.3) is 5.91 Å². The Kier molecular flexibility index (Phi) is 3.35. The molecule has 0 aromatic heterocycles. The van der Waals surface area contributed by atoms with Gasteiger partial charge in [-0.1, -0.05) is 18.2 Å². The summed E-state index contributed by atoms with van der Waals surface area (Å²) in [7, 11) is 0. The van der Waals surface area contributed by atoms with E-state index in [1.54, 1.807) is 0 Å². The van der Waals surface area contributed by atoms with Crippen LogP contribution >= 0.6 is 0 Å². The van der Waals surface area contributed by atoms with Crippen molar-refractivity contribution in [1.82, 2.24) is 10.6 Å². The van der Waals surface area contributed by atoms with Gasteiger partial charge in [-0.3, -0.25) is 4.79 Å². The SMILES string of the molecule is O=C(NCC1CCNC1)c1ccccc1. The summed E-state index contributed by atoms with van der Waals surface area (Å²) in [4.78, 5) is 11.7. The summed E-state index contributed by atoms with van der Waals surface area (Å²) in [5.41, 5.74) is 0.739. The van der Waals surface area contributed by atoms with Gasteiger partial charge in [0.2, 0.25) is 0 Å². The minimum Gasteiger partial charge on any atom is -0.352 e. The molecule has 1 atom stereocenters. The van der Waals surface area contributed by atoms with E-state index in [1.807, 2.05) is 30.3 Å². The molecule has 1 heterocycles. The first kappa shape index (κ1) is 10.2. The topological polar surface area (TPSA) is 41.1 Å². The van der Waals surface area contributed by atoms with Crippen LogP contribution in [0.3, 0.4) is 0 Å². The van der Waals surface area contributed by atoms with Crippen LogP contribution in [0.4, 0.5) is 0 Å². The second kappa shape index (κ2) is 4.94. The van der Waals surface area contributed by atoms with Crippen molar-refractivity contribution >= 4 is 5.91 Å². The maximum Gasteiger partial charge on any atom is 0.251 e. The molecule has 1 aromatic rings. The molecule has 1 aliphatic rings. The highest BCUT2D eigenvalue weighted by atomic mass is 16.1. The fourth-order valence-electron chi connectivity index (χ4n) is 1.82. The molecular weight excluding hydrogens is 188 g/mol. The summed E-state index contributed by atoms with van der Waals surface area (Å²) in [6, 6.07) is 9.35. The number of nitrogens with one attached hydrogen (secondary N) is 2. The minimum absolute atomic E-state index is 0.0301. The Hall–Kier alpha value is -1.35. The van der Waals surface area contributed by atoms with Gasteiger partial charge in [0.1, 0.15) is 0 Å². The quantitative estimate of drug-likeness (QED) is 0.772. The molecule has 0 saturated carbocycles. The highest BCUT2D eigenvalue weighted by Gasteiger charge is 2.15. The third-order valence-corrected chi connectivity index (χ3v) is 2.75. The van der Waals surface area contributed by atoms with E-state index in [-0.39, 0.29) is 5.91 Å². The van der Waals surface area contributed by atoms with Crippen LogP contribution in [0.2, 0.25) is 0 Å². The Morgan fingerprint density at radius 3 is 2.87 bits per heavy atom. The molecule has 1 fully saturated rings. The van der Waals surface area contributed by atoms with Crippen LogP contribution in [0.25, 0.3) is 0 Å². The molecule has 1 saturated heterocycles. The van der Waals surface area contributed by atoms with Crippen LogP contribution in [-0.2, 0) is 0 Å².